The van der Waals surface area contributed by atoms with E-state index in [1.165, 1.54) is 37.8 Å². The van der Waals surface area contributed by atoms with Crippen LogP contribution < -0.4 is 28.4 Å². The number of hydrogen-bond acceptors (Lipinski definition) is 8. The number of nitrogens with zero attached hydrogens (tertiary/aromatic N) is 4. The zero-order valence-corrected chi connectivity index (χ0v) is 28.2. The average molecular weight is 662 g/mol. The minimum Gasteiger partial charge on any atom is -0.494 e. The number of carbonyl (C=O) groups is 2. The van der Waals surface area contributed by atoms with E-state index in [0.29, 0.717) is 31.3 Å². The van der Waals surface area contributed by atoms with Gasteiger partial charge in [0.05, 0.1) is 30.4 Å². The molecule has 252 valence electrons. The lowest BCUT2D eigenvalue weighted by molar-refractivity contribution is -0.697. The summed E-state index contributed by atoms with van der Waals surface area (Å²) in [5.41, 5.74) is 1.12. The van der Waals surface area contributed by atoms with Gasteiger partial charge in [-0.15, -0.1) is 0 Å². The Kier molecular flexibility index (Phi) is 13.6. The SMILES string of the molecule is [C-]#[N+]c1c(OC(=O)c2ccc(OCCCCCCCC)cc2)ccc(OC(=O)c2ccc(OCC[n+]3ccc(N(C)C)cc3)cc2)c1C#N. The molecule has 0 atom stereocenters. The Hall–Kier alpha value is -5.87. The van der Waals surface area contributed by atoms with Gasteiger partial charge in [0.15, 0.2) is 18.9 Å². The van der Waals surface area contributed by atoms with Crippen LogP contribution in [0.2, 0.25) is 0 Å². The van der Waals surface area contributed by atoms with Crippen LogP contribution in [-0.4, -0.2) is 39.2 Å². The van der Waals surface area contributed by atoms with Crippen LogP contribution in [0, 0.1) is 17.9 Å². The highest BCUT2D eigenvalue weighted by atomic mass is 16.5. The topological polar surface area (TPSA) is 106 Å². The first kappa shape index (κ1) is 36.0. The van der Waals surface area contributed by atoms with Crippen molar-refractivity contribution in [3.05, 3.63) is 113 Å². The molecule has 3 aromatic carbocycles. The van der Waals surface area contributed by atoms with Crippen LogP contribution in [0.3, 0.4) is 0 Å². The molecule has 0 amide bonds. The normalized spacial score (nSPS) is 10.4. The molecule has 1 heterocycles. The highest BCUT2D eigenvalue weighted by Crippen LogP contribution is 2.38. The average Bonchev–Trinajstić information content (AvgIpc) is 3.12. The van der Waals surface area contributed by atoms with Crippen molar-refractivity contribution in [1.29, 1.82) is 5.26 Å². The Labute approximate surface area is 287 Å². The fourth-order valence-electron chi connectivity index (χ4n) is 4.87. The Morgan fingerprint density at radius 2 is 1.29 bits per heavy atom. The predicted octanol–water partition coefficient (Wildman–Crippen LogP) is 7.72. The molecule has 0 aliphatic rings. The maximum absolute atomic E-state index is 12.9. The van der Waals surface area contributed by atoms with Crippen LogP contribution in [0.5, 0.6) is 23.0 Å². The van der Waals surface area contributed by atoms with E-state index in [1.807, 2.05) is 54.2 Å². The Balaban J connectivity index is 1.31. The van der Waals surface area contributed by atoms with Gasteiger partial charge in [-0.25, -0.2) is 19.0 Å². The number of unbranched alkanes of at least 4 members (excludes halogenated alkanes) is 5. The van der Waals surface area contributed by atoms with Crippen molar-refractivity contribution in [2.45, 2.75) is 52.0 Å². The minimum absolute atomic E-state index is 0.118. The fraction of sp³-hybridized carbons (Fsp3) is 0.308. The van der Waals surface area contributed by atoms with E-state index in [2.05, 4.69) is 11.8 Å². The molecule has 0 bridgehead atoms. The zero-order valence-electron chi connectivity index (χ0n) is 28.2. The number of ether oxygens (including phenoxy) is 4. The van der Waals surface area contributed by atoms with Crippen LogP contribution in [0.1, 0.15) is 71.7 Å². The lowest BCUT2D eigenvalue weighted by Gasteiger charge is -2.12. The summed E-state index contributed by atoms with van der Waals surface area (Å²) in [6.07, 6.45) is 11.0. The molecule has 4 aromatic rings. The van der Waals surface area contributed by atoms with Crippen molar-refractivity contribution in [2.75, 3.05) is 32.2 Å². The van der Waals surface area contributed by atoms with E-state index in [0.717, 1.165) is 18.5 Å². The zero-order chi connectivity index (χ0) is 35.0. The van der Waals surface area contributed by atoms with E-state index >= 15 is 0 Å². The van der Waals surface area contributed by atoms with Crippen LogP contribution in [0.25, 0.3) is 4.85 Å². The molecule has 0 spiro atoms. The molecule has 0 radical (unpaired) electrons. The lowest BCUT2D eigenvalue weighted by Crippen LogP contribution is -2.35. The van der Waals surface area contributed by atoms with Gasteiger partial charge in [-0.05, 0) is 67.1 Å². The van der Waals surface area contributed by atoms with Gasteiger partial charge < -0.3 is 23.8 Å². The number of benzene rings is 3. The van der Waals surface area contributed by atoms with Crippen molar-refractivity contribution < 1.29 is 33.1 Å². The first-order valence-electron chi connectivity index (χ1n) is 16.3. The van der Waals surface area contributed by atoms with Gasteiger partial charge >= 0.3 is 11.9 Å². The van der Waals surface area contributed by atoms with E-state index in [9.17, 15) is 14.9 Å². The molecule has 0 aliphatic carbocycles. The molecule has 0 unspecified atom stereocenters. The van der Waals surface area contributed by atoms with E-state index in [1.54, 1.807) is 48.5 Å². The summed E-state index contributed by atoms with van der Waals surface area (Å²) in [7, 11) is 3.97. The summed E-state index contributed by atoms with van der Waals surface area (Å²) in [6, 6.07) is 21.6. The third-order valence-electron chi connectivity index (χ3n) is 7.69. The van der Waals surface area contributed by atoms with Gasteiger partial charge in [0.2, 0.25) is 5.69 Å². The summed E-state index contributed by atoms with van der Waals surface area (Å²) in [5.74, 6) is -0.441. The molecule has 10 nitrogen and oxygen atoms in total. The summed E-state index contributed by atoms with van der Waals surface area (Å²) in [4.78, 5) is 31.2. The van der Waals surface area contributed by atoms with Crippen LogP contribution >= 0.6 is 0 Å². The standard InChI is InChI=1S/C39H41N4O6/c1-5-6-7-8-9-10-26-46-32-15-11-30(12-16-32)39(45)49-36-20-19-35(34(28-40)37(36)41-2)48-38(44)29-13-17-33(18-14-29)47-27-25-43-23-21-31(22-24-43)42(3)4/h11-24H,5-10,25-27H2,1,3-4H3/q+1. The van der Waals surface area contributed by atoms with Crippen molar-refractivity contribution in [3.8, 4) is 29.1 Å². The van der Waals surface area contributed by atoms with Crippen LogP contribution in [0.4, 0.5) is 11.4 Å². The van der Waals surface area contributed by atoms with Gasteiger partial charge in [0, 0.05) is 31.9 Å². The molecule has 0 N–H and O–H groups in total. The van der Waals surface area contributed by atoms with Gasteiger partial charge in [0.1, 0.15) is 35.2 Å². The molecule has 0 saturated carbocycles. The molecule has 49 heavy (non-hydrogen) atoms. The second-order valence-corrected chi connectivity index (χ2v) is 11.5. The van der Waals surface area contributed by atoms with Crippen LogP contribution in [0.15, 0.2) is 85.2 Å². The first-order valence-corrected chi connectivity index (χ1v) is 16.3. The monoisotopic (exact) mass is 661 g/mol. The minimum atomic E-state index is -0.723. The maximum Gasteiger partial charge on any atom is 0.343 e. The van der Waals surface area contributed by atoms with E-state index in [-0.39, 0.29) is 33.9 Å². The first-order chi connectivity index (χ1) is 23.8. The third-order valence-corrected chi connectivity index (χ3v) is 7.69. The highest BCUT2D eigenvalue weighted by Gasteiger charge is 2.21. The number of aromatic nitrogens is 1. The van der Waals surface area contributed by atoms with Crippen molar-refractivity contribution in [2.24, 2.45) is 0 Å². The highest BCUT2D eigenvalue weighted by molar-refractivity contribution is 5.94. The quantitative estimate of drug-likeness (QED) is 0.0372. The number of pyridine rings is 1. The molecular formula is C39H41N4O6+. The Morgan fingerprint density at radius 3 is 1.84 bits per heavy atom. The summed E-state index contributed by atoms with van der Waals surface area (Å²) < 4.78 is 24.6. The Morgan fingerprint density at radius 1 is 0.755 bits per heavy atom. The summed E-state index contributed by atoms with van der Waals surface area (Å²) in [6.45, 7) is 11.5. The number of rotatable bonds is 17. The molecule has 4 rings (SSSR count). The number of esters is 2. The second kappa shape index (κ2) is 18.5. The molecule has 0 fully saturated rings. The molecular weight excluding hydrogens is 620 g/mol. The van der Waals surface area contributed by atoms with Gasteiger partial charge in [-0.2, -0.15) is 5.26 Å². The smallest absolute Gasteiger partial charge is 0.343 e. The summed E-state index contributed by atoms with van der Waals surface area (Å²) >= 11 is 0. The van der Waals surface area contributed by atoms with Crippen LogP contribution in [-0.2, 0) is 6.54 Å². The molecule has 0 aliphatic heterocycles. The molecule has 0 saturated heterocycles. The van der Waals surface area contributed by atoms with E-state index < -0.39 is 11.9 Å². The van der Waals surface area contributed by atoms with Crippen molar-refractivity contribution in [3.63, 3.8) is 0 Å². The second-order valence-electron chi connectivity index (χ2n) is 11.5. The van der Waals surface area contributed by atoms with Crippen molar-refractivity contribution in [1.82, 2.24) is 0 Å². The molecule has 1 aromatic heterocycles. The Bertz CT molecular complexity index is 1770. The molecule has 10 heteroatoms. The fourth-order valence-corrected chi connectivity index (χ4v) is 4.87. The predicted molar refractivity (Wildman–Crippen MR) is 186 cm³/mol. The van der Waals surface area contributed by atoms with E-state index in [4.69, 9.17) is 25.5 Å². The number of nitriles is 1. The number of carbonyl (C=O) groups excluding carboxylic acids is 2. The van der Waals surface area contributed by atoms with Gasteiger partial charge in [-0.3, -0.25) is 0 Å². The lowest BCUT2D eigenvalue weighted by atomic mass is 10.1. The summed E-state index contributed by atoms with van der Waals surface area (Å²) in [5, 5.41) is 9.84. The van der Waals surface area contributed by atoms with Crippen molar-refractivity contribution >= 4 is 23.3 Å². The largest absolute Gasteiger partial charge is 0.494 e. The maximum atomic E-state index is 12.9. The third kappa shape index (κ3) is 10.6. The van der Waals surface area contributed by atoms with Gasteiger partial charge in [0.25, 0.3) is 0 Å². The number of hydrogen-bond donors (Lipinski definition) is 0. The van der Waals surface area contributed by atoms with Gasteiger partial charge in [-0.1, -0.05) is 39.0 Å². The number of anilines is 1.